The van der Waals surface area contributed by atoms with E-state index in [0.29, 0.717) is 6.54 Å². The van der Waals surface area contributed by atoms with Crippen molar-refractivity contribution in [2.75, 3.05) is 19.8 Å². The van der Waals surface area contributed by atoms with Gasteiger partial charge in [-0.05, 0) is 48.8 Å². The van der Waals surface area contributed by atoms with E-state index in [2.05, 4.69) is 30.4 Å². The number of thioether (sulfide) groups is 1. The number of hydrogen-bond acceptors (Lipinski definition) is 4. The fourth-order valence-corrected chi connectivity index (χ4v) is 4.22. The largest absolute Gasteiger partial charge is 0.356 e. The molecule has 0 aliphatic carbocycles. The summed E-state index contributed by atoms with van der Waals surface area (Å²) in [6, 6.07) is 4.97. The van der Waals surface area contributed by atoms with Gasteiger partial charge in [-0.25, -0.2) is 4.39 Å². The van der Waals surface area contributed by atoms with Crippen LogP contribution in [0.25, 0.3) is 0 Å². The Kier molecular flexibility index (Phi) is 10.9. The first-order valence-electron chi connectivity index (χ1n) is 10.3. The second-order valence-corrected chi connectivity index (χ2v) is 8.16. The first-order chi connectivity index (χ1) is 14.2. The van der Waals surface area contributed by atoms with E-state index < -0.39 is 0 Å². The molecule has 6 nitrogen and oxygen atoms in total. The third kappa shape index (κ3) is 7.11. The Hall–Kier alpha value is -1.36. The maximum atomic E-state index is 13.5. The summed E-state index contributed by atoms with van der Waals surface area (Å²) in [5.41, 5.74) is 2.11. The van der Waals surface area contributed by atoms with Gasteiger partial charge in [0.05, 0.1) is 0 Å². The van der Waals surface area contributed by atoms with Gasteiger partial charge < -0.3 is 15.2 Å². The first-order valence-corrected chi connectivity index (χ1v) is 11.7. The fraction of sp³-hybridized carbons (Fsp3) is 0.571. The van der Waals surface area contributed by atoms with E-state index in [0.717, 1.165) is 66.8 Å². The van der Waals surface area contributed by atoms with Crippen LogP contribution < -0.4 is 10.6 Å². The summed E-state index contributed by atoms with van der Waals surface area (Å²) < 4.78 is 15.8. The van der Waals surface area contributed by atoms with Crippen LogP contribution in [0.3, 0.4) is 0 Å². The van der Waals surface area contributed by atoms with Crippen molar-refractivity contribution in [3.63, 3.8) is 0 Å². The van der Waals surface area contributed by atoms with E-state index >= 15 is 0 Å². The average molecular weight is 546 g/mol. The maximum absolute atomic E-state index is 13.5. The monoisotopic (exact) mass is 546 g/mol. The number of nitrogens with one attached hydrogen (secondary N) is 2. The molecule has 0 amide bonds. The Labute approximate surface area is 199 Å². The molecule has 0 unspecified atom stereocenters. The molecular formula is C21H32FIN6S. The first kappa shape index (κ1) is 24.9. The van der Waals surface area contributed by atoms with Crippen molar-refractivity contribution < 1.29 is 4.39 Å². The third-order valence-electron chi connectivity index (χ3n) is 5.19. The zero-order chi connectivity index (χ0) is 20.5. The molecule has 1 aromatic heterocycles. The lowest BCUT2D eigenvalue weighted by molar-refractivity contribution is 0.593. The maximum Gasteiger partial charge on any atom is 0.191 e. The average Bonchev–Trinajstić information content (AvgIpc) is 2.94. The van der Waals surface area contributed by atoms with E-state index in [1.807, 2.05) is 12.3 Å². The number of halogens is 2. The number of guanidine groups is 1. The number of rotatable bonds is 8. The van der Waals surface area contributed by atoms with Gasteiger partial charge in [0.2, 0.25) is 0 Å². The van der Waals surface area contributed by atoms with Crippen molar-refractivity contribution >= 4 is 41.7 Å². The van der Waals surface area contributed by atoms with Gasteiger partial charge in [-0.1, -0.05) is 12.5 Å². The molecule has 2 aromatic rings. The highest BCUT2D eigenvalue weighted by Crippen LogP contribution is 2.17. The van der Waals surface area contributed by atoms with E-state index in [1.165, 1.54) is 25.3 Å². The van der Waals surface area contributed by atoms with Crippen molar-refractivity contribution in [1.29, 1.82) is 0 Å². The van der Waals surface area contributed by atoms with Gasteiger partial charge >= 0.3 is 0 Å². The predicted molar refractivity (Wildman–Crippen MR) is 133 cm³/mol. The number of aliphatic imine (C=N–C) groups is 1. The second kappa shape index (κ2) is 13.1. The molecule has 9 heteroatoms. The van der Waals surface area contributed by atoms with Gasteiger partial charge in [0.25, 0.3) is 0 Å². The molecule has 0 saturated carbocycles. The molecule has 3 rings (SSSR count). The highest BCUT2D eigenvalue weighted by atomic mass is 127. The Morgan fingerprint density at radius 1 is 1.20 bits per heavy atom. The summed E-state index contributed by atoms with van der Waals surface area (Å²) >= 11 is 1.69. The Balaban J connectivity index is 0.00000320. The van der Waals surface area contributed by atoms with E-state index in [-0.39, 0.29) is 29.8 Å². The molecule has 2 N–H and O–H groups in total. The molecule has 0 atom stereocenters. The summed E-state index contributed by atoms with van der Waals surface area (Å²) in [6.45, 7) is 2.47. The molecule has 1 aromatic carbocycles. The molecule has 1 aliphatic heterocycles. The number of benzene rings is 1. The summed E-state index contributed by atoms with van der Waals surface area (Å²) in [7, 11) is 1.77. The lowest BCUT2D eigenvalue weighted by Gasteiger charge is -2.14. The minimum absolute atomic E-state index is 0. The molecule has 1 aliphatic rings. The van der Waals surface area contributed by atoms with Crippen LogP contribution in [-0.4, -0.2) is 40.6 Å². The van der Waals surface area contributed by atoms with Crippen LogP contribution in [0.1, 0.15) is 48.5 Å². The number of nitrogens with zero attached hydrogens (tertiary/aromatic N) is 4. The van der Waals surface area contributed by atoms with Crippen LogP contribution >= 0.6 is 35.7 Å². The lowest BCUT2D eigenvalue weighted by atomic mass is 10.1. The van der Waals surface area contributed by atoms with Crippen LogP contribution in [-0.2, 0) is 31.7 Å². The Bertz CT molecular complexity index is 826. The Morgan fingerprint density at radius 3 is 2.87 bits per heavy atom. The zero-order valence-corrected chi connectivity index (χ0v) is 20.9. The number of aromatic nitrogens is 3. The quantitative estimate of drug-likeness (QED) is 0.228. The predicted octanol–water partition coefficient (Wildman–Crippen LogP) is 3.92. The smallest absolute Gasteiger partial charge is 0.191 e. The topological polar surface area (TPSA) is 67.1 Å². The van der Waals surface area contributed by atoms with Gasteiger partial charge in [-0.3, -0.25) is 4.99 Å². The molecule has 0 radical (unpaired) electrons. The van der Waals surface area contributed by atoms with Crippen LogP contribution in [0.5, 0.6) is 0 Å². The zero-order valence-electron chi connectivity index (χ0n) is 17.8. The van der Waals surface area contributed by atoms with Gasteiger partial charge in [0.15, 0.2) is 5.96 Å². The lowest BCUT2D eigenvalue weighted by Crippen LogP contribution is -2.37. The second-order valence-electron chi connectivity index (χ2n) is 7.30. The van der Waals surface area contributed by atoms with Gasteiger partial charge in [0, 0.05) is 45.3 Å². The van der Waals surface area contributed by atoms with Gasteiger partial charge in [-0.2, -0.15) is 11.8 Å². The van der Waals surface area contributed by atoms with Crippen molar-refractivity contribution in [2.24, 2.45) is 4.99 Å². The van der Waals surface area contributed by atoms with Crippen molar-refractivity contribution in [3.8, 4) is 0 Å². The summed E-state index contributed by atoms with van der Waals surface area (Å²) in [5, 5.41) is 15.4. The minimum atomic E-state index is -0.188. The van der Waals surface area contributed by atoms with Gasteiger partial charge in [-0.15, -0.1) is 34.2 Å². The molecule has 30 heavy (non-hydrogen) atoms. The summed E-state index contributed by atoms with van der Waals surface area (Å²) in [4.78, 5) is 4.30. The number of hydrogen-bond donors (Lipinski definition) is 2. The van der Waals surface area contributed by atoms with Crippen molar-refractivity contribution in [1.82, 2.24) is 25.4 Å². The standard InChI is InChI=1S/C21H31FN6S.HI/c1-23-21(25-14-16-9-10-18(22)13-17(16)15-29-2)24-11-6-8-20-27-26-19-7-4-3-5-12-28(19)20;/h9-10,13H,3-8,11-12,14-15H2,1-2H3,(H2,23,24,25);1H. The molecular weight excluding hydrogens is 514 g/mol. The van der Waals surface area contributed by atoms with Crippen LogP contribution in [0, 0.1) is 5.82 Å². The van der Waals surface area contributed by atoms with Crippen molar-refractivity contribution in [3.05, 3.63) is 46.8 Å². The van der Waals surface area contributed by atoms with E-state index in [4.69, 9.17) is 0 Å². The van der Waals surface area contributed by atoms with Crippen LogP contribution in [0.2, 0.25) is 0 Å². The number of aryl methyl sites for hydroxylation is 2. The normalized spacial score (nSPS) is 13.9. The van der Waals surface area contributed by atoms with Crippen LogP contribution in [0.4, 0.5) is 4.39 Å². The molecule has 0 saturated heterocycles. The van der Waals surface area contributed by atoms with E-state index in [1.54, 1.807) is 24.9 Å². The highest BCUT2D eigenvalue weighted by Gasteiger charge is 2.14. The summed E-state index contributed by atoms with van der Waals surface area (Å²) in [6.07, 6.45) is 8.66. The third-order valence-corrected chi connectivity index (χ3v) is 5.79. The molecule has 0 spiro atoms. The molecule has 166 valence electrons. The fourth-order valence-electron chi connectivity index (χ4n) is 3.64. The molecule has 0 fully saturated rings. The minimum Gasteiger partial charge on any atom is -0.356 e. The molecule has 2 heterocycles. The highest BCUT2D eigenvalue weighted by molar-refractivity contribution is 14.0. The van der Waals surface area contributed by atoms with Crippen LogP contribution in [0.15, 0.2) is 23.2 Å². The Morgan fingerprint density at radius 2 is 2.07 bits per heavy atom. The van der Waals surface area contributed by atoms with Gasteiger partial charge in [0.1, 0.15) is 17.5 Å². The molecule has 0 bridgehead atoms. The van der Waals surface area contributed by atoms with Crippen molar-refractivity contribution in [2.45, 2.75) is 57.4 Å². The number of fused-ring (bicyclic) bond motifs is 1. The summed E-state index contributed by atoms with van der Waals surface area (Å²) in [5.74, 6) is 3.60. The van der Waals surface area contributed by atoms with E-state index in [9.17, 15) is 4.39 Å². The SMILES string of the molecule is CN=C(NCCCc1nnc2n1CCCCC2)NCc1ccc(F)cc1CSC.I.